The lowest BCUT2D eigenvalue weighted by atomic mass is 10.1. The fourth-order valence-electron chi connectivity index (χ4n) is 2.87. The molecule has 1 saturated heterocycles. The van der Waals surface area contributed by atoms with Crippen LogP contribution in [0.2, 0.25) is 0 Å². The summed E-state index contributed by atoms with van der Waals surface area (Å²) in [6.07, 6.45) is 0.0235. The molecule has 1 aliphatic rings. The molecule has 1 atom stereocenters. The summed E-state index contributed by atoms with van der Waals surface area (Å²) in [6.45, 7) is 1.59. The third-order valence-corrected chi connectivity index (χ3v) is 4.85. The molecular formula is C20H18BrFN2O4. The maximum Gasteiger partial charge on any atom is 0.311 e. The number of esters is 1. The van der Waals surface area contributed by atoms with E-state index >= 15 is 0 Å². The third-order valence-electron chi connectivity index (χ3n) is 4.35. The summed E-state index contributed by atoms with van der Waals surface area (Å²) in [7, 11) is 0. The number of nitrogens with one attached hydrogen (secondary N) is 1. The van der Waals surface area contributed by atoms with Crippen molar-refractivity contribution in [2.24, 2.45) is 5.92 Å². The molecule has 0 unspecified atom stereocenters. The van der Waals surface area contributed by atoms with E-state index in [-0.39, 0.29) is 24.6 Å². The molecule has 8 heteroatoms. The lowest BCUT2D eigenvalue weighted by Crippen LogP contribution is -2.28. The molecule has 28 heavy (non-hydrogen) atoms. The largest absolute Gasteiger partial charge is 0.455 e. The molecule has 0 bridgehead atoms. The van der Waals surface area contributed by atoms with Gasteiger partial charge in [0.25, 0.3) is 5.91 Å². The molecule has 1 aliphatic heterocycles. The van der Waals surface area contributed by atoms with Crippen molar-refractivity contribution < 1.29 is 23.5 Å². The van der Waals surface area contributed by atoms with Gasteiger partial charge in [0, 0.05) is 23.1 Å². The third kappa shape index (κ3) is 4.75. The molecule has 0 radical (unpaired) electrons. The van der Waals surface area contributed by atoms with Crippen molar-refractivity contribution >= 4 is 45.1 Å². The Morgan fingerprint density at radius 1 is 1.25 bits per heavy atom. The topological polar surface area (TPSA) is 75.7 Å². The molecule has 1 N–H and O–H groups in total. The van der Waals surface area contributed by atoms with Crippen LogP contribution in [0.4, 0.5) is 15.8 Å². The normalized spacial score (nSPS) is 16.2. The Bertz CT molecular complexity index is 917. The molecular weight excluding hydrogens is 431 g/mol. The van der Waals surface area contributed by atoms with Crippen molar-refractivity contribution in [2.45, 2.75) is 13.3 Å². The van der Waals surface area contributed by atoms with Gasteiger partial charge in [0.2, 0.25) is 5.91 Å². The van der Waals surface area contributed by atoms with Gasteiger partial charge in [-0.25, -0.2) is 4.39 Å². The smallest absolute Gasteiger partial charge is 0.311 e. The van der Waals surface area contributed by atoms with Crippen LogP contribution in [0.3, 0.4) is 0 Å². The number of hydrogen-bond acceptors (Lipinski definition) is 4. The number of hydrogen-bond donors (Lipinski definition) is 1. The molecule has 1 heterocycles. The average Bonchev–Trinajstić information content (AvgIpc) is 3.04. The van der Waals surface area contributed by atoms with Crippen LogP contribution in [-0.2, 0) is 19.1 Å². The van der Waals surface area contributed by atoms with Crippen LogP contribution in [0.1, 0.15) is 12.0 Å². The van der Waals surface area contributed by atoms with Gasteiger partial charge in [-0.2, -0.15) is 0 Å². The number of halogens is 2. The molecule has 2 amide bonds. The Labute approximate surface area is 169 Å². The van der Waals surface area contributed by atoms with Gasteiger partial charge in [0.05, 0.1) is 11.6 Å². The van der Waals surface area contributed by atoms with Gasteiger partial charge in [0.15, 0.2) is 6.61 Å². The van der Waals surface area contributed by atoms with Gasteiger partial charge >= 0.3 is 5.97 Å². The molecule has 0 aromatic heterocycles. The molecule has 3 rings (SSSR count). The quantitative estimate of drug-likeness (QED) is 0.710. The summed E-state index contributed by atoms with van der Waals surface area (Å²) in [5.74, 6) is -2.72. The van der Waals surface area contributed by atoms with Crippen molar-refractivity contribution in [2.75, 3.05) is 23.4 Å². The van der Waals surface area contributed by atoms with Crippen molar-refractivity contribution in [1.29, 1.82) is 0 Å². The molecule has 0 aliphatic carbocycles. The first-order valence-electron chi connectivity index (χ1n) is 8.62. The summed E-state index contributed by atoms with van der Waals surface area (Å²) in [6, 6.07) is 11.6. The van der Waals surface area contributed by atoms with Crippen molar-refractivity contribution in [3.63, 3.8) is 0 Å². The molecule has 0 spiro atoms. The van der Waals surface area contributed by atoms with E-state index in [1.165, 1.54) is 17.0 Å². The second kappa shape index (κ2) is 8.52. The molecule has 2 aromatic rings. The van der Waals surface area contributed by atoms with Crippen molar-refractivity contribution in [3.05, 3.63) is 58.3 Å². The predicted octanol–water partition coefficient (Wildman–Crippen LogP) is 3.43. The zero-order valence-electron chi connectivity index (χ0n) is 15.1. The fraction of sp³-hybridized carbons (Fsp3) is 0.250. The van der Waals surface area contributed by atoms with Gasteiger partial charge < -0.3 is 15.0 Å². The zero-order valence-corrected chi connectivity index (χ0v) is 16.7. The first-order valence-corrected chi connectivity index (χ1v) is 9.41. The van der Waals surface area contributed by atoms with Crippen LogP contribution in [0.5, 0.6) is 0 Å². The van der Waals surface area contributed by atoms with Crippen LogP contribution in [0.25, 0.3) is 0 Å². The van der Waals surface area contributed by atoms with E-state index in [1.807, 2.05) is 31.2 Å². The van der Waals surface area contributed by atoms with E-state index in [9.17, 15) is 18.8 Å². The minimum atomic E-state index is -0.658. The van der Waals surface area contributed by atoms with Crippen molar-refractivity contribution in [1.82, 2.24) is 0 Å². The van der Waals surface area contributed by atoms with Crippen LogP contribution >= 0.6 is 15.9 Å². The van der Waals surface area contributed by atoms with E-state index in [1.54, 1.807) is 6.07 Å². The van der Waals surface area contributed by atoms with E-state index in [0.717, 1.165) is 5.56 Å². The van der Waals surface area contributed by atoms with Crippen LogP contribution in [0, 0.1) is 18.7 Å². The maximum atomic E-state index is 13.7. The highest BCUT2D eigenvalue weighted by Gasteiger charge is 2.36. The van der Waals surface area contributed by atoms with Crippen molar-refractivity contribution in [3.8, 4) is 0 Å². The van der Waals surface area contributed by atoms with E-state index in [0.29, 0.717) is 10.2 Å². The van der Waals surface area contributed by atoms with Gasteiger partial charge in [-0.05, 0) is 37.3 Å². The highest BCUT2D eigenvalue weighted by Crippen LogP contribution is 2.26. The number of carbonyl (C=O) groups excluding carboxylic acids is 3. The molecule has 146 valence electrons. The zero-order chi connectivity index (χ0) is 20.3. The number of nitrogens with zero attached hydrogens (tertiary/aromatic N) is 1. The number of anilines is 2. The fourth-order valence-corrected chi connectivity index (χ4v) is 3.20. The van der Waals surface area contributed by atoms with Gasteiger partial charge in [0.1, 0.15) is 5.82 Å². The Morgan fingerprint density at radius 2 is 1.96 bits per heavy atom. The number of rotatable bonds is 5. The highest BCUT2D eigenvalue weighted by atomic mass is 79.9. The lowest BCUT2D eigenvalue weighted by molar-refractivity contribution is -0.151. The molecule has 1 fully saturated rings. The summed E-state index contributed by atoms with van der Waals surface area (Å²) in [5, 5.41) is 2.34. The monoisotopic (exact) mass is 448 g/mol. The summed E-state index contributed by atoms with van der Waals surface area (Å²) in [4.78, 5) is 37.9. The number of carbonyl (C=O) groups is 3. The molecule has 2 aromatic carbocycles. The number of amides is 2. The SMILES string of the molecule is Cc1ccc(N2C[C@@H](C(=O)OCC(=O)Nc3ccc(Br)cc3F)CC2=O)cc1. The molecule has 6 nitrogen and oxygen atoms in total. The minimum Gasteiger partial charge on any atom is -0.455 e. The van der Waals surface area contributed by atoms with Crippen LogP contribution < -0.4 is 10.2 Å². The maximum absolute atomic E-state index is 13.7. The molecule has 0 saturated carbocycles. The first-order chi connectivity index (χ1) is 13.3. The van der Waals surface area contributed by atoms with Gasteiger partial charge in [-0.15, -0.1) is 0 Å². The summed E-state index contributed by atoms with van der Waals surface area (Å²) >= 11 is 3.13. The van der Waals surface area contributed by atoms with E-state index in [4.69, 9.17) is 4.74 Å². The summed E-state index contributed by atoms with van der Waals surface area (Å²) < 4.78 is 19.3. The Hall–Kier alpha value is -2.74. The highest BCUT2D eigenvalue weighted by molar-refractivity contribution is 9.10. The first kappa shape index (κ1) is 20.0. The number of aryl methyl sites for hydroxylation is 1. The second-order valence-corrected chi connectivity index (χ2v) is 7.44. The van der Waals surface area contributed by atoms with Crippen LogP contribution in [-0.4, -0.2) is 30.9 Å². The number of benzene rings is 2. The average molecular weight is 449 g/mol. The second-order valence-electron chi connectivity index (χ2n) is 6.52. The van der Waals surface area contributed by atoms with Crippen LogP contribution in [0.15, 0.2) is 46.9 Å². The van der Waals surface area contributed by atoms with Gasteiger partial charge in [-0.1, -0.05) is 33.6 Å². The minimum absolute atomic E-state index is 0.00848. The van der Waals surface area contributed by atoms with E-state index < -0.39 is 30.2 Å². The Morgan fingerprint density at radius 3 is 2.64 bits per heavy atom. The van der Waals surface area contributed by atoms with Gasteiger partial charge in [-0.3, -0.25) is 14.4 Å². The Kier molecular flexibility index (Phi) is 6.08. The predicted molar refractivity (Wildman–Crippen MR) is 105 cm³/mol. The lowest BCUT2D eigenvalue weighted by Gasteiger charge is -2.16. The Balaban J connectivity index is 1.53. The van der Waals surface area contributed by atoms with E-state index in [2.05, 4.69) is 21.2 Å². The summed E-state index contributed by atoms with van der Waals surface area (Å²) in [5.41, 5.74) is 1.78. The standard InChI is InChI=1S/C20H18BrFN2O4/c1-12-2-5-15(6-3-12)24-10-13(8-19(24)26)20(27)28-11-18(25)23-17-7-4-14(21)9-16(17)22/h2-7,9,13H,8,10-11H2,1H3,(H,23,25)/t13-/m0/s1. The number of ether oxygens (including phenoxy) is 1.